The Morgan fingerprint density at radius 1 is 1.36 bits per heavy atom. The first-order valence-electron chi connectivity index (χ1n) is 7.95. The lowest BCUT2D eigenvalue weighted by atomic mass is 10.2. The molecular formula is C17H32N2O3. The summed E-state index contributed by atoms with van der Waals surface area (Å²) < 4.78 is 12.9. The lowest BCUT2D eigenvalue weighted by molar-refractivity contribution is -0.0570. The molecular weight excluding hydrogens is 280 g/mol. The maximum Gasteiger partial charge on any atom is 0.0900 e. The molecule has 128 valence electrons. The molecule has 1 heterocycles. The summed E-state index contributed by atoms with van der Waals surface area (Å²) >= 11 is 0. The van der Waals surface area contributed by atoms with E-state index in [1.54, 1.807) is 7.11 Å². The third kappa shape index (κ3) is 7.94. The van der Waals surface area contributed by atoms with Gasteiger partial charge in [0.15, 0.2) is 0 Å². The van der Waals surface area contributed by atoms with Gasteiger partial charge in [0.2, 0.25) is 0 Å². The summed E-state index contributed by atoms with van der Waals surface area (Å²) in [5.74, 6) is 0. The fourth-order valence-electron chi connectivity index (χ4n) is 2.25. The molecule has 0 aliphatic carbocycles. The van der Waals surface area contributed by atoms with Crippen molar-refractivity contribution in [1.29, 1.82) is 0 Å². The van der Waals surface area contributed by atoms with E-state index in [4.69, 9.17) is 9.47 Å². The highest BCUT2D eigenvalue weighted by molar-refractivity contribution is 5.06. The molecule has 1 aromatic heterocycles. The molecule has 0 aliphatic heterocycles. The van der Waals surface area contributed by atoms with Crippen molar-refractivity contribution in [2.24, 2.45) is 7.05 Å². The maximum atomic E-state index is 10.2. The third-order valence-corrected chi connectivity index (χ3v) is 3.44. The van der Waals surface area contributed by atoms with Gasteiger partial charge in [0.1, 0.15) is 0 Å². The molecule has 0 aromatic carbocycles. The summed E-state index contributed by atoms with van der Waals surface area (Å²) in [6.45, 7) is 9.41. The minimum Gasteiger partial charge on any atom is -0.389 e. The third-order valence-electron chi connectivity index (χ3n) is 3.44. The predicted octanol–water partition coefficient (Wildman–Crippen LogP) is 2.04. The van der Waals surface area contributed by atoms with Crippen LogP contribution in [0.25, 0.3) is 0 Å². The van der Waals surface area contributed by atoms with Gasteiger partial charge in [-0.15, -0.1) is 0 Å². The van der Waals surface area contributed by atoms with Crippen LogP contribution >= 0.6 is 0 Å². The summed E-state index contributed by atoms with van der Waals surface area (Å²) in [5.41, 5.74) is 1.02. The Morgan fingerprint density at radius 3 is 2.64 bits per heavy atom. The van der Waals surface area contributed by atoms with Gasteiger partial charge < -0.3 is 19.1 Å². The summed E-state index contributed by atoms with van der Waals surface area (Å²) in [6, 6.07) is 4.16. The lowest BCUT2D eigenvalue weighted by Gasteiger charge is -2.27. The quantitative estimate of drug-likeness (QED) is 0.672. The van der Waals surface area contributed by atoms with Gasteiger partial charge in [0, 0.05) is 52.3 Å². The first-order valence-corrected chi connectivity index (χ1v) is 7.95. The number of hydrogen-bond donors (Lipinski definition) is 1. The molecule has 1 atom stereocenters. The van der Waals surface area contributed by atoms with Gasteiger partial charge in [-0.25, -0.2) is 0 Å². The second kappa shape index (κ2) is 9.30. The Balaban J connectivity index is 2.51. The fourth-order valence-corrected chi connectivity index (χ4v) is 2.25. The Morgan fingerprint density at radius 2 is 2.09 bits per heavy atom. The highest BCUT2D eigenvalue weighted by atomic mass is 16.5. The van der Waals surface area contributed by atoms with Crippen LogP contribution in [0.5, 0.6) is 0 Å². The van der Waals surface area contributed by atoms with Crippen molar-refractivity contribution in [3.8, 4) is 0 Å². The van der Waals surface area contributed by atoms with E-state index in [1.165, 1.54) is 5.69 Å². The first-order chi connectivity index (χ1) is 10.3. The smallest absolute Gasteiger partial charge is 0.0900 e. The Bertz CT molecular complexity index is 412. The molecule has 1 aromatic rings. The molecule has 0 amide bonds. The van der Waals surface area contributed by atoms with Crippen LogP contribution in [-0.4, -0.2) is 59.7 Å². The number of aryl methyl sites for hydroxylation is 1. The second-order valence-electron chi connectivity index (χ2n) is 6.77. The molecule has 0 aliphatic rings. The zero-order chi connectivity index (χ0) is 16.6. The van der Waals surface area contributed by atoms with Gasteiger partial charge in [-0.3, -0.25) is 4.90 Å². The molecule has 0 unspecified atom stereocenters. The number of aliphatic hydroxyl groups is 1. The molecule has 0 bridgehead atoms. The molecule has 0 saturated heterocycles. The van der Waals surface area contributed by atoms with Crippen LogP contribution < -0.4 is 0 Å². The highest BCUT2D eigenvalue weighted by Gasteiger charge is 2.17. The van der Waals surface area contributed by atoms with Crippen molar-refractivity contribution in [1.82, 2.24) is 9.47 Å². The minimum atomic E-state index is -0.484. The molecule has 0 fully saturated rings. The van der Waals surface area contributed by atoms with E-state index in [-0.39, 0.29) is 5.60 Å². The SMILES string of the molecule is COCCCN(Cc1cccn1C)C[C@@H](O)COC(C)(C)C. The van der Waals surface area contributed by atoms with Crippen LogP contribution in [0.4, 0.5) is 0 Å². The number of nitrogens with zero attached hydrogens (tertiary/aromatic N) is 2. The number of methoxy groups -OCH3 is 1. The number of aromatic nitrogens is 1. The Labute approximate surface area is 134 Å². The molecule has 5 nitrogen and oxygen atoms in total. The van der Waals surface area contributed by atoms with Crippen molar-refractivity contribution in [3.05, 3.63) is 24.0 Å². The first kappa shape index (κ1) is 19.2. The van der Waals surface area contributed by atoms with Crippen molar-refractivity contribution in [2.45, 2.75) is 45.4 Å². The minimum absolute atomic E-state index is 0.222. The number of ether oxygens (including phenoxy) is 2. The van der Waals surface area contributed by atoms with Crippen LogP contribution in [0.1, 0.15) is 32.9 Å². The fraction of sp³-hybridized carbons (Fsp3) is 0.765. The molecule has 0 radical (unpaired) electrons. The monoisotopic (exact) mass is 312 g/mol. The summed E-state index contributed by atoms with van der Waals surface area (Å²) in [6.07, 6.45) is 2.51. The van der Waals surface area contributed by atoms with Crippen LogP contribution in [0.2, 0.25) is 0 Å². The van der Waals surface area contributed by atoms with E-state index in [0.29, 0.717) is 13.2 Å². The molecule has 0 saturated carbocycles. The van der Waals surface area contributed by atoms with Gasteiger partial charge in [0.25, 0.3) is 0 Å². The topological polar surface area (TPSA) is 46.9 Å². The number of aliphatic hydroxyl groups excluding tert-OH is 1. The number of hydrogen-bond acceptors (Lipinski definition) is 4. The summed E-state index contributed by atoms with van der Waals surface area (Å²) in [7, 11) is 3.76. The molecule has 1 rings (SSSR count). The standard InChI is InChI=1S/C17H32N2O3/c1-17(2,3)22-14-16(20)13-19(10-7-11-21-5)12-15-8-6-9-18(15)4/h6,8-9,16,20H,7,10-14H2,1-5H3/t16-/m1/s1. The number of rotatable bonds is 10. The van der Waals surface area contributed by atoms with Gasteiger partial charge in [0.05, 0.1) is 18.3 Å². The van der Waals surface area contributed by atoms with E-state index in [0.717, 1.165) is 26.1 Å². The average molecular weight is 312 g/mol. The van der Waals surface area contributed by atoms with Gasteiger partial charge in [-0.2, -0.15) is 0 Å². The van der Waals surface area contributed by atoms with Crippen LogP contribution in [0.15, 0.2) is 18.3 Å². The van der Waals surface area contributed by atoms with Crippen molar-refractivity contribution >= 4 is 0 Å². The van der Waals surface area contributed by atoms with Crippen LogP contribution in [-0.2, 0) is 23.1 Å². The predicted molar refractivity (Wildman–Crippen MR) is 88.9 cm³/mol. The lowest BCUT2D eigenvalue weighted by Crippen LogP contribution is -2.37. The summed E-state index contributed by atoms with van der Waals surface area (Å²) in [4.78, 5) is 2.26. The normalized spacial score (nSPS) is 13.8. The van der Waals surface area contributed by atoms with Crippen LogP contribution in [0, 0.1) is 0 Å². The van der Waals surface area contributed by atoms with E-state index in [2.05, 4.69) is 15.5 Å². The molecule has 1 N–H and O–H groups in total. The van der Waals surface area contributed by atoms with Crippen molar-refractivity contribution in [3.63, 3.8) is 0 Å². The zero-order valence-electron chi connectivity index (χ0n) is 14.7. The Hall–Kier alpha value is -0.880. The van der Waals surface area contributed by atoms with Gasteiger partial charge >= 0.3 is 0 Å². The zero-order valence-corrected chi connectivity index (χ0v) is 14.7. The van der Waals surface area contributed by atoms with Crippen molar-refractivity contribution < 1.29 is 14.6 Å². The van der Waals surface area contributed by atoms with E-state index in [1.807, 2.05) is 40.1 Å². The molecule has 22 heavy (non-hydrogen) atoms. The average Bonchev–Trinajstić information content (AvgIpc) is 2.81. The van der Waals surface area contributed by atoms with Gasteiger partial charge in [-0.1, -0.05) is 0 Å². The van der Waals surface area contributed by atoms with Gasteiger partial charge in [-0.05, 0) is 39.3 Å². The van der Waals surface area contributed by atoms with E-state index < -0.39 is 6.10 Å². The van der Waals surface area contributed by atoms with Crippen molar-refractivity contribution in [2.75, 3.05) is 33.4 Å². The Kier molecular flexibility index (Phi) is 8.10. The molecule has 5 heteroatoms. The second-order valence-corrected chi connectivity index (χ2v) is 6.77. The van der Waals surface area contributed by atoms with E-state index >= 15 is 0 Å². The largest absolute Gasteiger partial charge is 0.389 e. The maximum absolute atomic E-state index is 10.2. The van der Waals surface area contributed by atoms with Crippen LogP contribution in [0.3, 0.4) is 0 Å². The molecule has 0 spiro atoms. The summed E-state index contributed by atoms with van der Waals surface area (Å²) in [5, 5.41) is 10.2. The highest BCUT2D eigenvalue weighted by Crippen LogP contribution is 2.10. The van der Waals surface area contributed by atoms with E-state index in [9.17, 15) is 5.11 Å².